The highest BCUT2D eigenvalue weighted by atomic mass is 16.4. The van der Waals surface area contributed by atoms with E-state index in [1.165, 1.54) is 0 Å². The molecule has 78 valence electrons. The van der Waals surface area contributed by atoms with Crippen LogP contribution in [0, 0.1) is 10.8 Å². The van der Waals surface area contributed by atoms with Crippen molar-refractivity contribution in [3.8, 4) is 0 Å². The smallest absolute Gasteiger partial charge is 0.309 e. The maximum atomic E-state index is 11.3. The van der Waals surface area contributed by atoms with Crippen molar-refractivity contribution in [2.75, 3.05) is 0 Å². The number of carboxylic acids is 1. The van der Waals surface area contributed by atoms with Crippen LogP contribution in [0.15, 0.2) is 0 Å². The summed E-state index contributed by atoms with van der Waals surface area (Å²) in [6.45, 7) is 0. The second-order valence-corrected chi connectivity index (χ2v) is 4.73. The first-order valence-electron chi connectivity index (χ1n) is 5.04. The molecule has 0 aliphatic heterocycles. The van der Waals surface area contributed by atoms with Gasteiger partial charge in [-0.15, -0.1) is 0 Å². The first-order chi connectivity index (χ1) is 6.51. The molecule has 0 saturated heterocycles. The van der Waals surface area contributed by atoms with Crippen LogP contribution in [-0.2, 0) is 9.59 Å². The number of amides is 1. The van der Waals surface area contributed by atoms with Gasteiger partial charge < -0.3 is 10.8 Å². The highest BCUT2D eigenvalue weighted by Crippen LogP contribution is 2.56. The largest absolute Gasteiger partial charge is 0.481 e. The number of carbonyl (C=O) groups excluding carboxylic acids is 1. The van der Waals surface area contributed by atoms with E-state index in [1.807, 2.05) is 0 Å². The minimum absolute atomic E-state index is 0.240. The molecule has 3 saturated carbocycles. The fraction of sp³-hybridized carbons (Fsp3) is 0.800. The van der Waals surface area contributed by atoms with Gasteiger partial charge in [-0.3, -0.25) is 9.59 Å². The number of primary amides is 1. The average molecular weight is 197 g/mol. The maximum Gasteiger partial charge on any atom is 0.309 e. The lowest BCUT2D eigenvalue weighted by Crippen LogP contribution is -2.51. The zero-order valence-corrected chi connectivity index (χ0v) is 8.08. The second-order valence-electron chi connectivity index (χ2n) is 4.73. The van der Waals surface area contributed by atoms with Gasteiger partial charge in [0.25, 0.3) is 0 Å². The second kappa shape index (κ2) is 2.72. The van der Waals surface area contributed by atoms with Crippen LogP contribution in [-0.4, -0.2) is 17.0 Å². The Hall–Kier alpha value is -1.06. The van der Waals surface area contributed by atoms with Crippen molar-refractivity contribution in [2.45, 2.75) is 38.5 Å². The van der Waals surface area contributed by atoms with E-state index < -0.39 is 11.4 Å². The molecule has 3 fully saturated rings. The molecule has 3 N–H and O–H groups in total. The summed E-state index contributed by atoms with van der Waals surface area (Å²) in [6.07, 6.45) is 3.83. The van der Waals surface area contributed by atoms with Gasteiger partial charge in [0.2, 0.25) is 5.91 Å². The van der Waals surface area contributed by atoms with E-state index in [-0.39, 0.29) is 11.3 Å². The molecule has 3 aliphatic carbocycles. The number of aliphatic carboxylic acids is 1. The highest BCUT2D eigenvalue weighted by molar-refractivity contribution is 5.83. The monoisotopic (exact) mass is 197 g/mol. The van der Waals surface area contributed by atoms with E-state index >= 15 is 0 Å². The fourth-order valence-electron chi connectivity index (χ4n) is 2.88. The molecule has 0 heterocycles. The summed E-state index contributed by atoms with van der Waals surface area (Å²) in [5.74, 6) is -0.938. The number of fused-ring (bicyclic) bond motifs is 3. The predicted octanol–water partition coefficient (Wildman–Crippen LogP) is 0.897. The Morgan fingerprint density at radius 3 is 1.57 bits per heavy atom. The van der Waals surface area contributed by atoms with Crippen LogP contribution >= 0.6 is 0 Å². The van der Waals surface area contributed by atoms with Gasteiger partial charge >= 0.3 is 5.97 Å². The summed E-state index contributed by atoms with van der Waals surface area (Å²) in [5.41, 5.74) is 4.45. The molecule has 4 nitrogen and oxygen atoms in total. The van der Waals surface area contributed by atoms with Gasteiger partial charge in [-0.2, -0.15) is 0 Å². The summed E-state index contributed by atoms with van der Waals surface area (Å²) >= 11 is 0. The Balaban J connectivity index is 2.21. The van der Waals surface area contributed by atoms with Gasteiger partial charge in [0.15, 0.2) is 0 Å². The molecule has 0 atom stereocenters. The van der Waals surface area contributed by atoms with Crippen molar-refractivity contribution in [1.29, 1.82) is 0 Å². The van der Waals surface area contributed by atoms with Crippen molar-refractivity contribution in [3.63, 3.8) is 0 Å². The number of carbonyl (C=O) groups is 2. The maximum absolute atomic E-state index is 11.3. The number of hydrogen-bond acceptors (Lipinski definition) is 2. The van der Waals surface area contributed by atoms with E-state index in [9.17, 15) is 9.59 Å². The lowest BCUT2D eigenvalue weighted by atomic mass is 9.53. The third-order valence-corrected chi connectivity index (χ3v) is 4.22. The van der Waals surface area contributed by atoms with Crippen molar-refractivity contribution in [2.24, 2.45) is 16.6 Å². The molecule has 4 heteroatoms. The molecule has 0 radical (unpaired) electrons. The van der Waals surface area contributed by atoms with Crippen molar-refractivity contribution < 1.29 is 14.7 Å². The first-order valence-corrected chi connectivity index (χ1v) is 5.04. The molecule has 0 spiro atoms. The fourth-order valence-corrected chi connectivity index (χ4v) is 2.88. The minimum atomic E-state index is -0.699. The third-order valence-electron chi connectivity index (χ3n) is 4.22. The number of nitrogens with two attached hydrogens (primary N) is 1. The zero-order valence-electron chi connectivity index (χ0n) is 8.08. The average Bonchev–Trinajstić information content (AvgIpc) is 2.20. The van der Waals surface area contributed by atoms with E-state index in [0.717, 1.165) is 0 Å². The van der Waals surface area contributed by atoms with Gasteiger partial charge in [-0.1, -0.05) is 0 Å². The molecule has 14 heavy (non-hydrogen) atoms. The summed E-state index contributed by atoms with van der Waals surface area (Å²) in [6, 6.07) is 0. The third kappa shape index (κ3) is 1.06. The summed E-state index contributed by atoms with van der Waals surface area (Å²) in [4.78, 5) is 22.4. The lowest BCUT2D eigenvalue weighted by molar-refractivity contribution is -0.162. The van der Waals surface area contributed by atoms with Crippen LogP contribution in [0.3, 0.4) is 0 Å². The van der Waals surface area contributed by atoms with E-state index in [0.29, 0.717) is 38.5 Å². The first kappa shape index (κ1) is 9.49. The molecule has 3 aliphatic rings. The molecule has 0 aromatic carbocycles. The Morgan fingerprint density at radius 2 is 1.29 bits per heavy atom. The van der Waals surface area contributed by atoms with Crippen molar-refractivity contribution in [1.82, 2.24) is 0 Å². The van der Waals surface area contributed by atoms with Gasteiger partial charge in [-0.25, -0.2) is 0 Å². The molecular formula is C10H15NO3. The molecule has 1 amide bonds. The lowest BCUT2D eigenvalue weighted by Gasteiger charge is -2.49. The van der Waals surface area contributed by atoms with Crippen LogP contribution in [0.4, 0.5) is 0 Å². The topological polar surface area (TPSA) is 80.4 Å². The van der Waals surface area contributed by atoms with E-state index in [1.54, 1.807) is 0 Å². The van der Waals surface area contributed by atoms with Crippen molar-refractivity contribution in [3.05, 3.63) is 0 Å². The molecular weight excluding hydrogens is 182 g/mol. The van der Waals surface area contributed by atoms with Crippen LogP contribution in [0.2, 0.25) is 0 Å². The van der Waals surface area contributed by atoms with Gasteiger partial charge in [0.05, 0.1) is 5.41 Å². The number of carboxylic acid groups (broad SMARTS) is 1. The predicted molar refractivity (Wildman–Crippen MR) is 49.4 cm³/mol. The zero-order chi connectivity index (χ0) is 10.4. The molecule has 2 bridgehead atoms. The minimum Gasteiger partial charge on any atom is -0.481 e. The van der Waals surface area contributed by atoms with E-state index in [4.69, 9.17) is 10.8 Å². The highest BCUT2D eigenvalue weighted by Gasteiger charge is 2.54. The van der Waals surface area contributed by atoms with Crippen LogP contribution in [0.1, 0.15) is 38.5 Å². The summed E-state index contributed by atoms with van der Waals surface area (Å²) in [7, 11) is 0. The van der Waals surface area contributed by atoms with Crippen molar-refractivity contribution >= 4 is 11.9 Å². The molecule has 0 unspecified atom stereocenters. The quantitative estimate of drug-likeness (QED) is 0.690. The van der Waals surface area contributed by atoms with Gasteiger partial charge in [0, 0.05) is 5.41 Å². The molecule has 0 aromatic rings. The van der Waals surface area contributed by atoms with Crippen LogP contribution < -0.4 is 5.73 Å². The Labute approximate surface area is 82.5 Å². The van der Waals surface area contributed by atoms with Crippen LogP contribution in [0.5, 0.6) is 0 Å². The van der Waals surface area contributed by atoms with Gasteiger partial charge in [0.1, 0.15) is 0 Å². The van der Waals surface area contributed by atoms with Gasteiger partial charge in [-0.05, 0) is 38.5 Å². The van der Waals surface area contributed by atoms with E-state index in [2.05, 4.69) is 0 Å². The standard InChI is InChI=1S/C10H15NO3/c11-7(12)9-1-4-10(5-2-9,6-3-9)8(13)14/h1-6H2,(H2,11,12)(H,13,14). The Kier molecular flexibility index (Phi) is 1.84. The normalized spacial score (nSPS) is 40.9. The summed E-state index contributed by atoms with van der Waals surface area (Å²) in [5, 5.41) is 9.12. The molecule has 3 rings (SSSR count). The SMILES string of the molecule is NC(=O)C12CCC(C(=O)O)(CC1)CC2. The molecule has 0 aromatic heterocycles. The number of rotatable bonds is 2. The van der Waals surface area contributed by atoms with Crippen LogP contribution in [0.25, 0.3) is 0 Å². The number of hydrogen-bond donors (Lipinski definition) is 2. The Morgan fingerprint density at radius 1 is 0.929 bits per heavy atom. The summed E-state index contributed by atoms with van der Waals surface area (Å²) < 4.78 is 0. The Bertz CT molecular complexity index is 243.